The van der Waals surface area contributed by atoms with Crippen LogP contribution < -0.4 is 5.32 Å². The van der Waals surface area contributed by atoms with E-state index in [4.69, 9.17) is 5.11 Å². The van der Waals surface area contributed by atoms with Gasteiger partial charge in [-0.25, -0.2) is 0 Å². The molecule has 2 N–H and O–H groups in total. The van der Waals surface area contributed by atoms with Crippen molar-refractivity contribution in [3.05, 3.63) is 0 Å². The van der Waals surface area contributed by atoms with Gasteiger partial charge in [-0.1, -0.05) is 6.42 Å². The highest BCUT2D eigenvalue weighted by Gasteiger charge is 2.44. The summed E-state index contributed by atoms with van der Waals surface area (Å²) in [5.41, 5.74) is 0. The van der Waals surface area contributed by atoms with E-state index >= 15 is 0 Å². The van der Waals surface area contributed by atoms with E-state index < -0.39 is 5.97 Å². The second-order valence-corrected chi connectivity index (χ2v) is 6.42. The molecule has 3 rings (SSSR count). The van der Waals surface area contributed by atoms with Crippen LogP contribution in [0.15, 0.2) is 0 Å². The summed E-state index contributed by atoms with van der Waals surface area (Å²) in [4.78, 5) is 11.0. The highest BCUT2D eigenvalue weighted by Crippen LogP contribution is 2.49. The number of carboxylic acids is 1. The minimum Gasteiger partial charge on any atom is -0.481 e. The van der Waals surface area contributed by atoms with Crippen LogP contribution in [0.5, 0.6) is 0 Å². The molecule has 0 aliphatic heterocycles. The molecule has 0 aromatic rings. The highest BCUT2D eigenvalue weighted by atomic mass is 16.4. The van der Waals surface area contributed by atoms with E-state index in [1.54, 1.807) is 0 Å². The molecule has 3 aliphatic carbocycles. The van der Waals surface area contributed by atoms with Gasteiger partial charge in [0.25, 0.3) is 0 Å². The molecule has 0 aromatic carbocycles. The third kappa shape index (κ3) is 1.99. The van der Waals surface area contributed by atoms with E-state index in [9.17, 15) is 4.79 Å². The maximum atomic E-state index is 11.0. The lowest BCUT2D eigenvalue weighted by atomic mass is 9.77. The fourth-order valence-electron chi connectivity index (χ4n) is 4.36. The lowest BCUT2D eigenvalue weighted by Crippen LogP contribution is -2.52. The summed E-state index contributed by atoms with van der Waals surface area (Å²) >= 11 is 0. The molecule has 3 saturated carbocycles. The first-order chi connectivity index (χ1) is 8.15. The number of hydrogen-bond donors (Lipinski definition) is 2. The van der Waals surface area contributed by atoms with Crippen molar-refractivity contribution < 1.29 is 9.90 Å². The molecule has 0 aromatic heterocycles. The lowest BCUT2D eigenvalue weighted by Gasteiger charge is -2.39. The van der Waals surface area contributed by atoms with Gasteiger partial charge in [-0.3, -0.25) is 4.79 Å². The molecule has 0 heterocycles. The highest BCUT2D eigenvalue weighted by molar-refractivity contribution is 5.72. The molecule has 0 spiro atoms. The monoisotopic (exact) mass is 237 g/mol. The van der Waals surface area contributed by atoms with Gasteiger partial charge in [0.2, 0.25) is 0 Å². The number of rotatable bonds is 4. The average molecular weight is 237 g/mol. The van der Waals surface area contributed by atoms with Crippen LogP contribution in [0.3, 0.4) is 0 Å². The maximum Gasteiger partial charge on any atom is 0.308 e. The molecule has 0 amide bonds. The zero-order valence-corrected chi connectivity index (χ0v) is 10.6. The Labute approximate surface area is 103 Å². The Bertz CT molecular complexity index is 317. The molecular formula is C14H23NO2. The predicted octanol–water partition coefficient (Wildman–Crippen LogP) is 2.26. The Morgan fingerprint density at radius 1 is 1.24 bits per heavy atom. The van der Waals surface area contributed by atoms with Gasteiger partial charge in [-0.05, 0) is 56.8 Å². The predicted molar refractivity (Wildman–Crippen MR) is 65.7 cm³/mol. The first kappa shape index (κ1) is 11.5. The largest absolute Gasteiger partial charge is 0.481 e. The van der Waals surface area contributed by atoms with Crippen LogP contribution >= 0.6 is 0 Å². The number of fused-ring (bicyclic) bond motifs is 2. The second-order valence-electron chi connectivity index (χ2n) is 6.42. The summed E-state index contributed by atoms with van der Waals surface area (Å²) in [5, 5.41) is 12.6. The normalized spacial score (nSPS) is 45.6. The van der Waals surface area contributed by atoms with Gasteiger partial charge in [0, 0.05) is 12.1 Å². The van der Waals surface area contributed by atoms with E-state index in [0.29, 0.717) is 6.04 Å². The SMILES string of the molecule is CC(NC1CCC1C(=O)O)C1CC2CCC1C2. The fraction of sp³-hybridized carbons (Fsp3) is 0.929. The minimum atomic E-state index is -0.617. The Morgan fingerprint density at radius 3 is 2.53 bits per heavy atom. The van der Waals surface area contributed by atoms with Crippen molar-refractivity contribution in [2.24, 2.45) is 23.7 Å². The standard InChI is InChI=1S/C14H23NO2/c1-8(12-7-9-2-3-10(12)6-9)15-13-5-4-11(13)14(16)17/h8-13,15H,2-7H2,1H3,(H,16,17). The van der Waals surface area contributed by atoms with Crippen molar-refractivity contribution >= 4 is 5.97 Å². The van der Waals surface area contributed by atoms with Crippen molar-refractivity contribution in [1.29, 1.82) is 0 Å². The van der Waals surface area contributed by atoms with Crippen molar-refractivity contribution in [3.8, 4) is 0 Å². The molecule has 0 saturated heterocycles. The molecule has 6 unspecified atom stereocenters. The molecule has 0 radical (unpaired) electrons. The van der Waals surface area contributed by atoms with E-state index in [-0.39, 0.29) is 12.0 Å². The van der Waals surface area contributed by atoms with Crippen molar-refractivity contribution in [1.82, 2.24) is 5.32 Å². The van der Waals surface area contributed by atoms with Gasteiger partial charge in [-0.15, -0.1) is 0 Å². The van der Waals surface area contributed by atoms with Crippen molar-refractivity contribution in [3.63, 3.8) is 0 Å². The fourth-order valence-corrected chi connectivity index (χ4v) is 4.36. The van der Waals surface area contributed by atoms with Gasteiger partial charge < -0.3 is 10.4 Å². The molecule has 3 aliphatic rings. The number of hydrogen-bond acceptors (Lipinski definition) is 2. The molecule has 96 valence electrons. The van der Waals surface area contributed by atoms with E-state index in [0.717, 1.165) is 30.6 Å². The first-order valence-electron chi connectivity index (χ1n) is 7.14. The van der Waals surface area contributed by atoms with Crippen LogP contribution in [0, 0.1) is 23.7 Å². The van der Waals surface area contributed by atoms with Crippen LogP contribution in [-0.2, 0) is 4.79 Å². The molecular weight excluding hydrogens is 214 g/mol. The molecule has 3 heteroatoms. The van der Waals surface area contributed by atoms with E-state index in [2.05, 4.69) is 12.2 Å². The van der Waals surface area contributed by atoms with Crippen LogP contribution in [0.4, 0.5) is 0 Å². The Morgan fingerprint density at radius 2 is 2.06 bits per heavy atom. The first-order valence-corrected chi connectivity index (χ1v) is 7.14. The number of nitrogens with one attached hydrogen (secondary N) is 1. The van der Waals surface area contributed by atoms with Crippen LogP contribution in [0.25, 0.3) is 0 Å². The van der Waals surface area contributed by atoms with Crippen LogP contribution in [-0.4, -0.2) is 23.2 Å². The smallest absolute Gasteiger partial charge is 0.308 e. The van der Waals surface area contributed by atoms with Gasteiger partial charge in [0.15, 0.2) is 0 Å². The maximum absolute atomic E-state index is 11.0. The third-order valence-electron chi connectivity index (χ3n) is 5.50. The molecule has 2 bridgehead atoms. The molecule has 3 fully saturated rings. The quantitative estimate of drug-likeness (QED) is 0.788. The van der Waals surface area contributed by atoms with Crippen LogP contribution in [0.2, 0.25) is 0 Å². The third-order valence-corrected chi connectivity index (χ3v) is 5.50. The lowest BCUT2D eigenvalue weighted by molar-refractivity contribution is -0.146. The summed E-state index contributed by atoms with van der Waals surface area (Å²) in [5.74, 6) is 1.96. The topological polar surface area (TPSA) is 49.3 Å². The summed E-state index contributed by atoms with van der Waals surface area (Å²) in [7, 11) is 0. The second kappa shape index (κ2) is 4.27. The van der Waals surface area contributed by atoms with Crippen molar-refractivity contribution in [2.45, 2.75) is 57.5 Å². The van der Waals surface area contributed by atoms with E-state index in [1.807, 2.05) is 0 Å². The summed E-state index contributed by atoms with van der Waals surface area (Å²) in [6, 6.07) is 0.749. The Balaban J connectivity index is 1.54. The van der Waals surface area contributed by atoms with Gasteiger partial charge in [-0.2, -0.15) is 0 Å². The average Bonchev–Trinajstić information content (AvgIpc) is 2.84. The minimum absolute atomic E-state index is 0.129. The van der Waals surface area contributed by atoms with Crippen molar-refractivity contribution in [2.75, 3.05) is 0 Å². The number of carbonyl (C=O) groups is 1. The Hall–Kier alpha value is -0.570. The molecule has 3 nitrogen and oxygen atoms in total. The number of carboxylic acid groups (broad SMARTS) is 1. The summed E-state index contributed by atoms with van der Waals surface area (Å²) in [6.45, 7) is 2.27. The van der Waals surface area contributed by atoms with Crippen LogP contribution in [0.1, 0.15) is 45.4 Å². The molecule has 6 atom stereocenters. The summed E-state index contributed by atoms with van der Waals surface area (Å²) < 4.78 is 0. The number of aliphatic carboxylic acids is 1. The Kier molecular flexibility index (Phi) is 2.89. The van der Waals surface area contributed by atoms with Gasteiger partial charge in [0.05, 0.1) is 5.92 Å². The van der Waals surface area contributed by atoms with Gasteiger partial charge >= 0.3 is 5.97 Å². The summed E-state index contributed by atoms with van der Waals surface area (Å²) in [6.07, 6.45) is 7.56. The van der Waals surface area contributed by atoms with E-state index in [1.165, 1.54) is 25.7 Å². The molecule has 17 heavy (non-hydrogen) atoms. The zero-order valence-electron chi connectivity index (χ0n) is 10.6. The zero-order chi connectivity index (χ0) is 12.0. The van der Waals surface area contributed by atoms with Gasteiger partial charge in [0.1, 0.15) is 0 Å².